The standard InChI is InChI=1S/C15H11ClFN7O/c1-18-15-13(17)12(16)11(7-2-21-23-14(7)15)8-4-24-5-9(20-6-25)22-10(24)3-19-8/h2-6,18H,1H3,(H,20,25)(H,21,23). The van der Waals surface area contributed by atoms with E-state index in [0.29, 0.717) is 40.0 Å². The van der Waals surface area contributed by atoms with Crippen molar-refractivity contribution in [1.82, 2.24) is 24.6 Å². The molecule has 0 saturated carbocycles. The summed E-state index contributed by atoms with van der Waals surface area (Å²) in [6.07, 6.45) is 6.89. The third kappa shape index (κ3) is 2.28. The number of fused-ring (bicyclic) bond motifs is 2. The average Bonchev–Trinajstić information content (AvgIpc) is 3.22. The maximum absolute atomic E-state index is 14.6. The van der Waals surface area contributed by atoms with E-state index in [9.17, 15) is 9.18 Å². The number of H-pyrrole nitrogens is 1. The van der Waals surface area contributed by atoms with Gasteiger partial charge in [0.2, 0.25) is 6.41 Å². The zero-order valence-corrected chi connectivity index (χ0v) is 13.6. The molecule has 25 heavy (non-hydrogen) atoms. The number of anilines is 2. The molecule has 0 aliphatic heterocycles. The summed E-state index contributed by atoms with van der Waals surface area (Å²) in [5.41, 5.74) is 2.13. The molecule has 0 radical (unpaired) electrons. The first-order valence-corrected chi connectivity index (χ1v) is 7.59. The molecule has 3 N–H and O–H groups in total. The lowest BCUT2D eigenvalue weighted by Crippen LogP contribution is -1.98. The molecule has 0 saturated heterocycles. The van der Waals surface area contributed by atoms with Crippen molar-refractivity contribution in [1.29, 1.82) is 0 Å². The molecule has 1 amide bonds. The van der Waals surface area contributed by atoms with Crippen LogP contribution in [0.1, 0.15) is 0 Å². The van der Waals surface area contributed by atoms with Crippen LogP contribution in [-0.4, -0.2) is 38.0 Å². The summed E-state index contributed by atoms with van der Waals surface area (Å²) in [6.45, 7) is 0. The minimum absolute atomic E-state index is 0.0588. The predicted molar refractivity (Wildman–Crippen MR) is 92.3 cm³/mol. The minimum Gasteiger partial charge on any atom is -0.384 e. The third-order valence-corrected chi connectivity index (χ3v) is 4.20. The Morgan fingerprint density at radius 3 is 2.96 bits per heavy atom. The molecule has 126 valence electrons. The lowest BCUT2D eigenvalue weighted by atomic mass is 10.1. The van der Waals surface area contributed by atoms with Crippen LogP contribution in [-0.2, 0) is 4.79 Å². The minimum atomic E-state index is -0.591. The fraction of sp³-hybridized carbons (Fsp3) is 0.0667. The van der Waals surface area contributed by atoms with Gasteiger partial charge in [0.05, 0.1) is 40.5 Å². The highest BCUT2D eigenvalue weighted by atomic mass is 35.5. The van der Waals surface area contributed by atoms with Crippen molar-refractivity contribution in [2.75, 3.05) is 17.7 Å². The van der Waals surface area contributed by atoms with Crippen molar-refractivity contribution < 1.29 is 9.18 Å². The molecule has 0 spiro atoms. The highest BCUT2D eigenvalue weighted by Gasteiger charge is 2.21. The van der Waals surface area contributed by atoms with Gasteiger partial charge in [-0.3, -0.25) is 14.9 Å². The molecule has 0 fully saturated rings. The fourth-order valence-corrected chi connectivity index (χ4v) is 3.05. The van der Waals surface area contributed by atoms with Crippen LogP contribution < -0.4 is 10.6 Å². The maximum Gasteiger partial charge on any atom is 0.212 e. The van der Waals surface area contributed by atoms with Crippen LogP contribution in [0.2, 0.25) is 5.02 Å². The monoisotopic (exact) mass is 359 g/mol. The number of rotatable bonds is 4. The summed E-state index contributed by atoms with van der Waals surface area (Å²) in [5, 5.41) is 12.6. The molecule has 4 aromatic rings. The van der Waals surface area contributed by atoms with E-state index in [1.54, 1.807) is 30.0 Å². The molecule has 0 unspecified atom stereocenters. The summed E-state index contributed by atoms with van der Waals surface area (Å²) in [5.74, 6) is -0.211. The van der Waals surface area contributed by atoms with Crippen molar-refractivity contribution in [2.24, 2.45) is 0 Å². The summed E-state index contributed by atoms with van der Waals surface area (Å²) in [6, 6.07) is 0. The van der Waals surface area contributed by atoms with Crippen molar-refractivity contribution >= 4 is 46.1 Å². The number of halogens is 2. The van der Waals surface area contributed by atoms with Gasteiger partial charge in [-0.2, -0.15) is 5.10 Å². The third-order valence-electron chi connectivity index (χ3n) is 3.84. The van der Waals surface area contributed by atoms with E-state index in [-0.39, 0.29) is 10.7 Å². The number of aromatic amines is 1. The van der Waals surface area contributed by atoms with E-state index in [0.717, 1.165) is 0 Å². The molecule has 0 aliphatic rings. The van der Waals surface area contributed by atoms with Crippen LogP contribution in [0, 0.1) is 5.82 Å². The molecule has 8 nitrogen and oxygen atoms in total. The normalized spacial score (nSPS) is 11.2. The van der Waals surface area contributed by atoms with E-state index in [1.165, 1.54) is 6.20 Å². The van der Waals surface area contributed by atoms with E-state index in [4.69, 9.17) is 11.6 Å². The second kappa shape index (κ2) is 5.71. The van der Waals surface area contributed by atoms with Crippen LogP contribution in [0.4, 0.5) is 15.9 Å². The van der Waals surface area contributed by atoms with E-state index < -0.39 is 5.82 Å². The number of aromatic nitrogens is 5. The Morgan fingerprint density at radius 1 is 1.36 bits per heavy atom. The Kier molecular flexibility index (Phi) is 3.50. The predicted octanol–water partition coefficient (Wildman–Crippen LogP) is 2.68. The summed E-state index contributed by atoms with van der Waals surface area (Å²) in [7, 11) is 1.60. The summed E-state index contributed by atoms with van der Waals surface area (Å²) < 4.78 is 16.3. The highest BCUT2D eigenvalue weighted by Crippen LogP contribution is 2.40. The smallest absolute Gasteiger partial charge is 0.212 e. The molecule has 4 rings (SSSR count). The largest absolute Gasteiger partial charge is 0.384 e. The average molecular weight is 360 g/mol. The zero-order chi connectivity index (χ0) is 17.6. The Bertz CT molecular complexity index is 1120. The molecule has 0 bridgehead atoms. The van der Waals surface area contributed by atoms with Crippen LogP contribution >= 0.6 is 11.6 Å². The highest BCUT2D eigenvalue weighted by molar-refractivity contribution is 6.35. The topological polar surface area (TPSA) is 100 Å². The van der Waals surface area contributed by atoms with E-state index in [1.807, 2.05) is 0 Å². The van der Waals surface area contributed by atoms with Crippen LogP contribution in [0.3, 0.4) is 0 Å². The van der Waals surface area contributed by atoms with Crippen molar-refractivity contribution in [3.8, 4) is 11.3 Å². The Balaban J connectivity index is 1.98. The molecule has 0 aliphatic carbocycles. The Morgan fingerprint density at radius 2 is 2.20 bits per heavy atom. The number of carbonyl (C=O) groups is 1. The summed E-state index contributed by atoms with van der Waals surface area (Å²) >= 11 is 6.27. The molecule has 1 aromatic carbocycles. The van der Waals surface area contributed by atoms with Crippen molar-refractivity contribution in [3.05, 3.63) is 35.6 Å². The number of hydrogen-bond donors (Lipinski definition) is 3. The number of hydrogen-bond acceptors (Lipinski definition) is 5. The van der Waals surface area contributed by atoms with Crippen molar-refractivity contribution in [2.45, 2.75) is 0 Å². The van der Waals surface area contributed by atoms with Gasteiger partial charge in [0.15, 0.2) is 17.3 Å². The number of carbonyl (C=O) groups excluding carboxylic acids is 1. The van der Waals surface area contributed by atoms with Gasteiger partial charge < -0.3 is 15.0 Å². The number of amides is 1. The van der Waals surface area contributed by atoms with E-state index in [2.05, 4.69) is 30.8 Å². The zero-order valence-electron chi connectivity index (χ0n) is 12.8. The lowest BCUT2D eigenvalue weighted by Gasteiger charge is -2.11. The molecule has 10 heteroatoms. The number of nitrogens with one attached hydrogen (secondary N) is 3. The first-order chi connectivity index (χ1) is 12.1. The Labute approximate surface area is 145 Å². The van der Waals surface area contributed by atoms with E-state index >= 15 is 0 Å². The second-order valence-electron chi connectivity index (χ2n) is 5.21. The summed E-state index contributed by atoms with van der Waals surface area (Å²) in [4.78, 5) is 19.1. The number of benzene rings is 1. The Hall–Kier alpha value is -3.20. The van der Waals surface area contributed by atoms with Crippen LogP contribution in [0.25, 0.3) is 27.8 Å². The van der Waals surface area contributed by atoms with Gasteiger partial charge in [0.1, 0.15) is 0 Å². The van der Waals surface area contributed by atoms with Crippen LogP contribution in [0.5, 0.6) is 0 Å². The quantitative estimate of drug-likeness (QED) is 0.486. The van der Waals surface area contributed by atoms with Crippen LogP contribution in [0.15, 0.2) is 24.8 Å². The fourth-order valence-electron chi connectivity index (χ4n) is 2.76. The van der Waals surface area contributed by atoms with Gasteiger partial charge in [-0.15, -0.1) is 0 Å². The SMILES string of the molecule is CNc1c(F)c(Cl)c(-c2cn3cc(NC=O)nc3cn2)c2cn[nH]c12. The lowest BCUT2D eigenvalue weighted by molar-refractivity contribution is -0.105. The first kappa shape index (κ1) is 15.3. The van der Waals surface area contributed by atoms with Gasteiger partial charge >= 0.3 is 0 Å². The second-order valence-corrected chi connectivity index (χ2v) is 5.59. The molecular weight excluding hydrogens is 349 g/mol. The number of nitrogens with zero attached hydrogens (tertiary/aromatic N) is 4. The van der Waals surface area contributed by atoms with Gasteiger partial charge in [0, 0.05) is 24.2 Å². The van der Waals surface area contributed by atoms with Gasteiger partial charge in [-0.1, -0.05) is 11.6 Å². The molecule has 0 atom stereocenters. The first-order valence-electron chi connectivity index (χ1n) is 7.21. The van der Waals surface area contributed by atoms with Gasteiger partial charge in [-0.05, 0) is 0 Å². The van der Waals surface area contributed by atoms with Crippen molar-refractivity contribution in [3.63, 3.8) is 0 Å². The number of imidazole rings is 1. The van der Waals surface area contributed by atoms with Gasteiger partial charge in [-0.25, -0.2) is 9.37 Å². The van der Waals surface area contributed by atoms with Gasteiger partial charge in [0.25, 0.3) is 0 Å². The molecule has 3 aromatic heterocycles. The molecular formula is C15H11ClFN7O. The maximum atomic E-state index is 14.6. The molecule has 3 heterocycles.